The fourth-order valence-corrected chi connectivity index (χ4v) is 2.47. The Balaban J connectivity index is 0.000000861. The molecular formula is C18H29N. The lowest BCUT2D eigenvalue weighted by Crippen LogP contribution is -2.32. The van der Waals surface area contributed by atoms with E-state index in [0.29, 0.717) is 6.04 Å². The number of nitrogens with zero attached hydrogens (tertiary/aromatic N) is 1. The zero-order chi connectivity index (χ0) is 14.1. The molecule has 0 spiro atoms. The molecule has 0 N–H and O–H groups in total. The Kier molecular flexibility index (Phi) is 7.50. The van der Waals surface area contributed by atoms with E-state index in [1.54, 1.807) is 0 Å². The van der Waals surface area contributed by atoms with E-state index in [1.807, 2.05) is 13.8 Å². The van der Waals surface area contributed by atoms with Crippen LogP contribution in [0.2, 0.25) is 0 Å². The van der Waals surface area contributed by atoms with Crippen LogP contribution in [0.15, 0.2) is 36.4 Å². The lowest BCUT2D eigenvalue weighted by molar-refractivity contribution is 0.228. The van der Waals surface area contributed by atoms with Gasteiger partial charge >= 0.3 is 0 Å². The number of allylic oxidation sites excluding steroid dienone is 1. The summed E-state index contributed by atoms with van der Waals surface area (Å²) in [4.78, 5) is 2.59. The minimum Gasteiger partial charge on any atom is -0.297 e. The molecular weight excluding hydrogens is 230 g/mol. The molecule has 1 heteroatoms. The Morgan fingerprint density at radius 3 is 2.47 bits per heavy atom. The van der Waals surface area contributed by atoms with Crippen LogP contribution >= 0.6 is 0 Å². The first-order valence-corrected chi connectivity index (χ1v) is 7.79. The summed E-state index contributed by atoms with van der Waals surface area (Å²) in [6, 6.07) is 11.5. The van der Waals surface area contributed by atoms with Crippen molar-refractivity contribution in [2.45, 2.75) is 53.0 Å². The number of hydrogen-bond acceptors (Lipinski definition) is 1. The van der Waals surface area contributed by atoms with E-state index < -0.39 is 0 Å². The molecule has 19 heavy (non-hydrogen) atoms. The van der Waals surface area contributed by atoms with E-state index >= 15 is 0 Å². The minimum absolute atomic E-state index is 0.710. The topological polar surface area (TPSA) is 3.24 Å². The zero-order valence-electron chi connectivity index (χ0n) is 13.0. The molecule has 1 unspecified atom stereocenters. The van der Waals surface area contributed by atoms with Gasteiger partial charge in [-0.05, 0) is 43.9 Å². The summed E-state index contributed by atoms with van der Waals surface area (Å²) in [6.07, 6.45) is 6.17. The van der Waals surface area contributed by atoms with E-state index in [1.165, 1.54) is 36.9 Å². The average molecular weight is 259 g/mol. The summed E-state index contributed by atoms with van der Waals surface area (Å²) in [6.45, 7) is 11.0. The van der Waals surface area contributed by atoms with Gasteiger partial charge in [-0.3, -0.25) is 4.90 Å². The van der Waals surface area contributed by atoms with Gasteiger partial charge in [-0.2, -0.15) is 0 Å². The number of rotatable bonds is 3. The molecule has 0 aromatic heterocycles. The molecule has 106 valence electrons. The highest BCUT2D eigenvalue weighted by Crippen LogP contribution is 2.23. The summed E-state index contributed by atoms with van der Waals surface area (Å²) in [7, 11) is 0. The zero-order valence-corrected chi connectivity index (χ0v) is 13.0. The second kappa shape index (κ2) is 8.92. The van der Waals surface area contributed by atoms with Crippen molar-refractivity contribution in [3.05, 3.63) is 42.0 Å². The van der Waals surface area contributed by atoms with Crippen molar-refractivity contribution in [2.24, 2.45) is 0 Å². The van der Waals surface area contributed by atoms with Gasteiger partial charge in [-0.25, -0.2) is 0 Å². The number of benzene rings is 1. The molecule has 0 aliphatic carbocycles. The predicted octanol–water partition coefficient (Wildman–Crippen LogP) is 4.99. The van der Waals surface area contributed by atoms with Crippen molar-refractivity contribution in [3.63, 3.8) is 0 Å². The molecule has 2 rings (SSSR count). The van der Waals surface area contributed by atoms with Crippen LogP contribution in [0.25, 0.3) is 5.57 Å². The van der Waals surface area contributed by atoms with Crippen LogP contribution in [0, 0.1) is 0 Å². The molecule has 1 aliphatic heterocycles. The Morgan fingerprint density at radius 2 is 1.84 bits per heavy atom. The van der Waals surface area contributed by atoms with Gasteiger partial charge in [0.05, 0.1) is 0 Å². The molecule has 1 aromatic rings. The molecule has 0 amide bonds. The van der Waals surface area contributed by atoms with Crippen LogP contribution in [0.4, 0.5) is 0 Å². The maximum atomic E-state index is 2.59. The second-order valence-electron chi connectivity index (χ2n) is 4.95. The van der Waals surface area contributed by atoms with Crippen LogP contribution in [0.5, 0.6) is 0 Å². The average Bonchev–Trinajstić information content (AvgIpc) is 2.75. The third-order valence-corrected chi connectivity index (χ3v) is 3.82. The second-order valence-corrected chi connectivity index (χ2v) is 4.95. The highest BCUT2D eigenvalue weighted by molar-refractivity contribution is 5.65. The minimum atomic E-state index is 0.710. The first-order valence-electron chi connectivity index (χ1n) is 7.79. The first-order chi connectivity index (χ1) is 9.31. The van der Waals surface area contributed by atoms with E-state index in [-0.39, 0.29) is 0 Å². The van der Waals surface area contributed by atoms with Gasteiger partial charge in [0.2, 0.25) is 0 Å². The standard InChI is InChI=1S/C16H23N.C2H6/c1-3-14(2)17-12-7-10-16(11-13-17)15-8-5-4-6-9-15;1-2/h4-6,8-9,11,14H,3,7,10,12-13H2,1-2H3;1-2H3. The molecule has 0 saturated carbocycles. The van der Waals surface area contributed by atoms with Gasteiger partial charge in [0.1, 0.15) is 0 Å². The highest BCUT2D eigenvalue weighted by Gasteiger charge is 2.14. The van der Waals surface area contributed by atoms with Crippen molar-refractivity contribution in [1.29, 1.82) is 0 Å². The third kappa shape index (κ3) is 4.83. The third-order valence-electron chi connectivity index (χ3n) is 3.82. The van der Waals surface area contributed by atoms with Crippen molar-refractivity contribution >= 4 is 5.57 Å². The summed E-state index contributed by atoms with van der Waals surface area (Å²) in [5.74, 6) is 0. The van der Waals surface area contributed by atoms with Gasteiger partial charge < -0.3 is 0 Å². The Labute approximate surface area is 119 Å². The molecule has 1 atom stereocenters. The molecule has 1 heterocycles. The highest BCUT2D eigenvalue weighted by atomic mass is 15.1. The lowest BCUT2D eigenvalue weighted by Gasteiger charge is -2.25. The van der Waals surface area contributed by atoms with Gasteiger partial charge in [0.15, 0.2) is 0 Å². The van der Waals surface area contributed by atoms with Gasteiger partial charge in [-0.15, -0.1) is 0 Å². The summed E-state index contributed by atoms with van der Waals surface area (Å²) in [5.41, 5.74) is 2.93. The van der Waals surface area contributed by atoms with Crippen molar-refractivity contribution < 1.29 is 0 Å². The van der Waals surface area contributed by atoms with Crippen LogP contribution in [0.1, 0.15) is 52.5 Å². The van der Waals surface area contributed by atoms with Crippen molar-refractivity contribution in [1.82, 2.24) is 4.90 Å². The lowest BCUT2D eigenvalue weighted by atomic mass is 10.0. The van der Waals surface area contributed by atoms with Crippen molar-refractivity contribution in [3.8, 4) is 0 Å². The molecule has 0 radical (unpaired) electrons. The Bertz CT molecular complexity index is 367. The SMILES string of the molecule is CC.CCC(C)N1CC=C(c2ccccc2)CCC1. The van der Waals surface area contributed by atoms with Gasteiger partial charge in [-0.1, -0.05) is 57.2 Å². The van der Waals surface area contributed by atoms with E-state index in [2.05, 4.69) is 55.2 Å². The molecule has 1 nitrogen and oxygen atoms in total. The largest absolute Gasteiger partial charge is 0.297 e. The maximum absolute atomic E-state index is 2.59. The predicted molar refractivity (Wildman–Crippen MR) is 86.3 cm³/mol. The maximum Gasteiger partial charge on any atom is 0.0171 e. The first kappa shape index (κ1) is 16.0. The quantitative estimate of drug-likeness (QED) is 0.739. The van der Waals surface area contributed by atoms with E-state index in [9.17, 15) is 0 Å². The van der Waals surface area contributed by atoms with Crippen LogP contribution in [0.3, 0.4) is 0 Å². The van der Waals surface area contributed by atoms with Gasteiger partial charge in [0.25, 0.3) is 0 Å². The summed E-state index contributed by atoms with van der Waals surface area (Å²) >= 11 is 0. The summed E-state index contributed by atoms with van der Waals surface area (Å²) in [5, 5.41) is 0. The molecule has 1 aliphatic rings. The van der Waals surface area contributed by atoms with E-state index in [4.69, 9.17) is 0 Å². The van der Waals surface area contributed by atoms with Crippen LogP contribution < -0.4 is 0 Å². The van der Waals surface area contributed by atoms with E-state index in [0.717, 1.165) is 6.54 Å². The number of hydrogen-bond donors (Lipinski definition) is 0. The normalized spacial score (nSPS) is 17.8. The Hall–Kier alpha value is -1.08. The smallest absolute Gasteiger partial charge is 0.0171 e. The fourth-order valence-electron chi connectivity index (χ4n) is 2.47. The van der Waals surface area contributed by atoms with Crippen LogP contribution in [-0.4, -0.2) is 24.0 Å². The molecule has 0 saturated heterocycles. The van der Waals surface area contributed by atoms with Gasteiger partial charge in [0, 0.05) is 12.6 Å². The fraction of sp³-hybridized carbons (Fsp3) is 0.556. The Morgan fingerprint density at radius 1 is 1.16 bits per heavy atom. The molecule has 0 fully saturated rings. The molecule has 0 bridgehead atoms. The summed E-state index contributed by atoms with van der Waals surface area (Å²) < 4.78 is 0. The molecule has 1 aromatic carbocycles. The monoisotopic (exact) mass is 259 g/mol. The van der Waals surface area contributed by atoms with Crippen molar-refractivity contribution in [2.75, 3.05) is 13.1 Å². The van der Waals surface area contributed by atoms with Crippen LogP contribution in [-0.2, 0) is 0 Å².